The van der Waals surface area contributed by atoms with Crippen LogP contribution in [0.4, 0.5) is 21.0 Å². The van der Waals surface area contributed by atoms with E-state index in [2.05, 4.69) is 32.2 Å². The number of ether oxygens (including phenoxy) is 4. The summed E-state index contributed by atoms with van der Waals surface area (Å²) in [6.07, 6.45) is 0.839. The van der Waals surface area contributed by atoms with Crippen LogP contribution >= 0.6 is 23.2 Å². The number of sulfonamides is 1. The van der Waals surface area contributed by atoms with Crippen molar-refractivity contribution in [2.75, 3.05) is 26.1 Å². The number of carbonyl (C=O) groups is 5. The van der Waals surface area contributed by atoms with Gasteiger partial charge in [0.25, 0.3) is 5.91 Å². The van der Waals surface area contributed by atoms with Crippen molar-refractivity contribution in [2.45, 2.75) is 102 Å². The third-order valence-corrected chi connectivity index (χ3v) is 12.1. The van der Waals surface area contributed by atoms with Crippen molar-refractivity contribution in [3.63, 3.8) is 0 Å². The number of aliphatic imine (C=N–C) groups is 1. The topological polar surface area (TPSA) is 237 Å². The van der Waals surface area contributed by atoms with Gasteiger partial charge in [-0.3, -0.25) is 24.4 Å². The van der Waals surface area contributed by atoms with Crippen LogP contribution in [-0.2, 0) is 38.7 Å². The fraction of sp³-hybridized carbons (Fsp3) is 0.512. The molecule has 0 spiro atoms. The minimum Gasteiger partial charge on any atom is -0.495 e. The van der Waals surface area contributed by atoms with Crippen LogP contribution in [0.3, 0.4) is 0 Å². The first kappa shape index (κ1) is 49.3. The number of alkyl carbamates (subject to hydrolysis) is 1. The zero-order valence-electron chi connectivity index (χ0n) is 35.6. The lowest BCUT2D eigenvalue weighted by Crippen LogP contribution is -2.60. The maximum Gasteiger partial charge on any atom is 0.412 e. The molecular formula is C41H52Cl2N6O12S. The van der Waals surface area contributed by atoms with Crippen molar-refractivity contribution in [2.24, 2.45) is 16.3 Å². The zero-order chi connectivity index (χ0) is 46.4. The van der Waals surface area contributed by atoms with Gasteiger partial charge in [-0.2, -0.15) is 4.99 Å². The average Bonchev–Trinajstić information content (AvgIpc) is 4.10. The summed E-state index contributed by atoms with van der Waals surface area (Å²) in [5, 5.41) is 8.01. The average molecular weight is 924 g/mol. The summed E-state index contributed by atoms with van der Waals surface area (Å²) in [5.41, 5.74) is -2.75. The van der Waals surface area contributed by atoms with Gasteiger partial charge in [0.05, 0.1) is 31.7 Å². The molecule has 1 heterocycles. The molecular weight excluding hydrogens is 871 g/mol. The van der Waals surface area contributed by atoms with Gasteiger partial charge in [-0.25, -0.2) is 22.8 Å². The Hall–Kier alpha value is -5.36. The highest BCUT2D eigenvalue weighted by Gasteiger charge is 2.62. The van der Waals surface area contributed by atoms with E-state index in [9.17, 15) is 37.2 Å². The van der Waals surface area contributed by atoms with E-state index in [0.717, 1.165) is 0 Å². The van der Waals surface area contributed by atoms with Crippen molar-refractivity contribution in [1.29, 1.82) is 0 Å². The van der Waals surface area contributed by atoms with Crippen molar-refractivity contribution in [1.82, 2.24) is 20.3 Å². The fourth-order valence-electron chi connectivity index (χ4n) is 6.50. The number of hydrogen-bond acceptors (Lipinski definition) is 13. The molecule has 5 amide bonds. The second-order valence-electron chi connectivity index (χ2n) is 16.9. The number of anilines is 1. The lowest BCUT2D eigenvalue weighted by Gasteiger charge is -2.36. The van der Waals surface area contributed by atoms with E-state index < -0.39 is 85.8 Å². The molecule has 338 valence electrons. The molecule has 1 saturated heterocycles. The summed E-state index contributed by atoms with van der Waals surface area (Å²) in [6.45, 7) is 13.6. The molecule has 0 aromatic heterocycles. The number of nitrogens with one attached hydrogen (secondary N) is 4. The SMILES string of the molecule is C=CC1C[C@]1(NC(=O)[C@@H]1C[C@@H](OC(=O)Nc2cc(Cl)ccc2OC)CN1C(=O)[C@@H](NC(=O)OC(C)(C)C)C(C)(C)C)C(=O)NS(=O)(=O)C1CC1.COc1ccc(Cl)cc1N=C=O. The van der Waals surface area contributed by atoms with Gasteiger partial charge in [0, 0.05) is 22.4 Å². The summed E-state index contributed by atoms with van der Waals surface area (Å²) in [7, 11) is -1.03. The normalized spacial score (nSPS) is 21.0. The van der Waals surface area contributed by atoms with Crippen molar-refractivity contribution in [3.8, 4) is 11.5 Å². The Kier molecular flexibility index (Phi) is 15.7. The van der Waals surface area contributed by atoms with Crippen LogP contribution in [-0.4, -0.2) is 105 Å². The van der Waals surface area contributed by atoms with Crippen LogP contribution in [0, 0.1) is 11.3 Å². The quantitative estimate of drug-likeness (QED) is 0.106. The van der Waals surface area contributed by atoms with Crippen molar-refractivity contribution >= 4 is 80.6 Å². The first-order valence-electron chi connectivity index (χ1n) is 19.4. The molecule has 1 aliphatic heterocycles. The molecule has 18 nitrogen and oxygen atoms in total. The fourth-order valence-corrected chi connectivity index (χ4v) is 8.20. The molecule has 2 aliphatic carbocycles. The maximum atomic E-state index is 14.3. The molecule has 0 bridgehead atoms. The van der Waals surface area contributed by atoms with Gasteiger partial charge in [0.2, 0.25) is 27.9 Å². The highest BCUT2D eigenvalue weighted by Crippen LogP contribution is 2.45. The van der Waals surface area contributed by atoms with Crippen molar-refractivity contribution in [3.05, 3.63) is 59.1 Å². The Bertz CT molecular complexity index is 2220. The predicted molar refractivity (Wildman–Crippen MR) is 230 cm³/mol. The second kappa shape index (κ2) is 19.8. The zero-order valence-corrected chi connectivity index (χ0v) is 38.0. The summed E-state index contributed by atoms with van der Waals surface area (Å²) < 4.78 is 48.5. The monoisotopic (exact) mass is 922 g/mol. The van der Waals surface area contributed by atoms with E-state index >= 15 is 0 Å². The molecule has 4 N–H and O–H groups in total. The third kappa shape index (κ3) is 12.8. The van der Waals surface area contributed by atoms with Gasteiger partial charge in [-0.05, 0) is 81.8 Å². The number of nitrogens with zero attached hydrogens (tertiary/aromatic N) is 2. The van der Waals surface area contributed by atoms with E-state index in [1.54, 1.807) is 65.8 Å². The second-order valence-corrected chi connectivity index (χ2v) is 19.7. The largest absolute Gasteiger partial charge is 0.495 e. The summed E-state index contributed by atoms with van der Waals surface area (Å²) in [5.74, 6) is -2.12. The van der Waals surface area contributed by atoms with E-state index in [0.29, 0.717) is 40.1 Å². The molecule has 62 heavy (non-hydrogen) atoms. The van der Waals surface area contributed by atoms with Gasteiger partial charge in [-0.15, -0.1) is 6.58 Å². The molecule has 5 atom stereocenters. The van der Waals surface area contributed by atoms with E-state index in [1.165, 1.54) is 43.4 Å². The van der Waals surface area contributed by atoms with Gasteiger partial charge in [0.1, 0.15) is 46.5 Å². The van der Waals surface area contributed by atoms with Crippen LogP contribution in [0.15, 0.2) is 54.0 Å². The number of methoxy groups -OCH3 is 2. The van der Waals surface area contributed by atoms with E-state index in [4.69, 9.17) is 42.1 Å². The van der Waals surface area contributed by atoms with Gasteiger partial charge in [-0.1, -0.05) is 50.0 Å². The number of carbonyl (C=O) groups excluding carboxylic acids is 6. The van der Waals surface area contributed by atoms with Gasteiger partial charge >= 0.3 is 12.2 Å². The smallest absolute Gasteiger partial charge is 0.412 e. The standard InChI is InChI=1S/C33H46ClN5O10S.C8H6ClNO2/c1-9-18-16-33(18,28(42)38-50(45,46)21-11-12-21)37-26(40)23-15-20(48-29(43)35-22-14-19(34)10-13-24(22)47-8)17-39(23)27(41)25(31(2,3)4)36-30(44)49-32(5,6)7;1-12-8-3-2-6(9)4-7(8)10-5-11/h9-10,13-14,18,20-21,23,25H,1,11-12,15-17H2,2-8H3,(H,35,43)(H,36,44)(H,37,40)(H,38,42);2-4H,1H3/t18?,20-,23+,25-,33-;/m1./s1. The third-order valence-electron chi connectivity index (χ3n) is 9.85. The first-order valence-corrected chi connectivity index (χ1v) is 21.7. The Labute approximate surface area is 370 Å². The Morgan fingerprint density at radius 3 is 2.11 bits per heavy atom. The number of hydrogen-bond donors (Lipinski definition) is 4. The van der Waals surface area contributed by atoms with Crippen LogP contribution in [0.25, 0.3) is 0 Å². The molecule has 2 aromatic carbocycles. The summed E-state index contributed by atoms with van der Waals surface area (Å²) >= 11 is 11.7. The van der Waals surface area contributed by atoms with Gasteiger partial charge in [0.15, 0.2) is 0 Å². The molecule has 5 rings (SSSR count). The molecule has 3 fully saturated rings. The van der Waals surface area contributed by atoms with E-state index in [1.807, 2.05) is 0 Å². The minimum absolute atomic E-state index is 0.0868. The molecule has 21 heteroatoms. The van der Waals surface area contributed by atoms with Crippen LogP contribution in [0.2, 0.25) is 10.0 Å². The Morgan fingerprint density at radius 1 is 0.968 bits per heavy atom. The summed E-state index contributed by atoms with van der Waals surface area (Å²) in [6, 6.07) is 6.92. The molecule has 0 radical (unpaired) electrons. The van der Waals surface area contributed by atoms with Crippen LogP contribution in [0.1, 0.15) is 67.2 Å². The molecule has 2 aromatic rings. The van der Waals surface area contributed by atoms with Gasteiger partial charge < -0.3 is 34.5 Å². The Balaban J connectivity index is 0.000000605. The lowest BCUT2D eigenvalue weighted by atomic mass is 9.85. The predicted octanol–water partition coefficient (Wildman–Crippen LogP) is 5.79. The first-order chi connectivity index (χ1) is 28.9. The molecule has 3 aliphatic rings. The number of halogens is 2. The number of benzene rings is 2. The number of amides is 5. The Morgan fingerprint density at radius 2 is 1.58 bits per heavy atom. The lowest BCUT2D eigenvalue weighted by molar-refractivity contribution is -0.143. The highest BCUT2D eigenvalue weighted by molar-refractivity contribution is 7.91. The maximum absolute atomic E-state index is 14.3. The number of likely N-dealkylation sites (tertiary alicyclic amines) is 1. The minimum atomic E-state index is -3.93. The summed E-state index contributed by atoms with van der Waals surface area (Å²) in [4.78, 5) is 82.1. The number of isocyanates is 1. The van der Waals surface area contributed by atoms with Crippen LogP contribution < -0.4 is 30.1 Å². The number of rotatable bonds is 13. The molecule has 2 saturated carbocycles. The highest BCUT2D eigenvalue weighted by atomic mass is 35.5. The van der Waals surface area contributed by atoms with Crippen LogP contribution in [0.5, 0.6) is 11.5 Å². The van der Waals surface area contributed by atoms with Crippen molar-refractivity contribution < 1.29 is 56.1 Å². The molecule has 1 unspecified atom stereocenters. The van der Waals surface area contributed by atoms with E-state index in [-0.39, 0.29) is 25.1 Å².